The number of nitrogens with zero attached hydrogens (tertiary/aromatic N) is 2. The third-order valence-electron chi connectivity index (χ3n) is 4.31. The van der Waals surface area contributed by atoms with Crippen molar-refractivity contribution >= 4 is 63.0 Å². The van der Waals surface area contributed by atoms with Gasteiger partial charge in [0.1, 0.15) is 9.88 Å². The van der Waals surface area contributed by atoms with Crippen molar-refractivity contribution in [2.75, 3.05) is 24.9 Å². The van der Waals surface area contributed by atoms with Crippen LogP contribution in [0.25, 0.3) is 0 Å². The number of nitrogens with one attached hydrogen (secondary N) is 2. The third-order valence-corrected chi connectivity index (χ3v) is 6.07. The van der Waals surface area contributed by atoms with Crippen LogP contribution in [-0.4, -0.2) is 41.1 Å². The summed E-state index contributed by atoms with van der Waals surface area (Å²) in [5, 5.41) is 11.6. The smallest absolute Gasteiger partial charge is 0.348 e. The van der Waals surface area contributed by atoms with Gasteiger partial charge in [-0.1, -0.05) is 29.8 Å². The van der Waals surface area contributed by atoms with E-state index < -0.39 is 11.9 Å². The molecule has 0 amide bonds. The van der Waals surface area contributed by atoms with Crippen molar-refractivity contribution in [3.8, 4) is 0 Å². The molecule has 3 rings (SSSR count). The van der Waals surface area contributed by atoms with E-state index in [4.69, 9.17) is 33.3 Å². The molecule has 0 unspecified atom stereocenters. The van der Waals surface area contributed by atoms with Crippen LogP contribution in [0.4, 0.5) is 10.8 Å². The highest BCUT2D eigenvalue weighted by Gasteiger charge is 2.26. The van der Waals surface area contributed by atoms with Gasteiger partial charge in [-0.15, -0.1) is 11.3 Å². The number of carbonyl (C=O) groups is 2. The van der Waals surface area contributed by atoms with Crippen molar-refractivity contribution < 1.29 is 19.1 Å². The normalized spacial score (nSPS) is 10.5. The molecule has 0 saturated carbocycles. The van der Waals surface area contributed by atoms with E-state index in [0.717, 1.165) is 16.9 Å². The highest BCUT2D eigenvalue weighted by Crippen LogP contribution is 2.34. The fourth-order valence-corrected chi connectivity index (χ4v) is 4.39. The van der Waals surface area contributed by atoms with Gasteiger partial charge in [-0.2, -0.15) is 5.10 Å². The zero-order valence-corrected chi connectivity index (χ0v) is 19.3. The lowest BCUT2D eigenvalue weighted by Gasteiger charge is -2.09. The molecule has 0 radical (unpaired) electrons. The summed E-state index contributed by atoms with van der Waals surface area (Å²) in [5.41, 5.74) is 1.62. The van der Waals surface area contributed by atoms with Crippen LogP contribution in [-0.2, 0) is 16.0 Å². The second-order valence-electron chi connectivity index (χ2n) is 6.31. The largest absolute Gasteiger partial charge is 0.465 e. The van der Waals surface area contributed by atoms with Gasteiger partial charge in [0, 0.05) is 17.3 Å². The molecule has 0 aliphatic heterocycles. The Bertz CT molecular complexity index is 1140. The summed E-state index contributed by atoms with van der Waals surface area (Å²) in [6.45, 7) is 2.15. The van der Waals surface area contributed by atoms with Gasteiger partial charge in [0.05, 0.1) is 26.3 Å². The Balaban J connectivity index is 1.74. The van der Waals surface area contributed by atoms with Crippen LogP contribution in [0.1, 0.15) is 31.2 Å². The van der Waals surface area contributed by atoms with Crippen LogP contribution >= 0.6 is 35.2 Å². The topological polar surface area (TPSA) is 94.5 Å². The lowest BCUT2D eigenvalue weighted by atomic mass is 10.1. The van der Waals surface area contributed by atoms with E-state index in [1.54, 1.807) is 23.9 Å². The first-order valence-electron chi connectivity index (χ1n) is 8.99. The number of aromatic nitrogens is 2. The van der Waals surface area contributed by atoms with Gasteiger partial charge in [0.25, 0.3) is 0 Å². The molecular formula is C20H19ClN4O4S2. The molecule has 31 heavy (non-hydrogen) atoms. The number of anilines is 2. The maximum atomic E-state index is 12.2. The summed E-state index contributed by atoms with van der Waals surface area (Å²) in [5.74, 6) is -0.623. The van der Waals surface area contributed by atoms with Crippen molar-refractivity contribution in [2.24, 2.45) is 0 Å². The Morgan fingerprint density at radius 3 is 2.55 bits per heavy atom. The van der Waals surface area contributed by atoms with Gasteiger partial charge in [-0.3, -0.25) is 4.68 Å². The molecule has 0 aliphatic carbocycles. The third kappa shape index (κ3) is 5.22. The molecule has 11 heteroatoms. The van der Waals surface area contributed by atoms with E-state index in [-0.39, 0.29) is 15.6 Å². The highest BCUT2D eigenvalue weighted by atomic mass is 35.5. The zero-order valence-electron chi connectivity index (χ0n) is 16.9. The molecule has 0 fully saturated rings. The van der Waals surface area contributed by atoms with Gasteiger partial charge in [0.15, 0.2) is 10.9 Å². The van der Waals surface area contributed by atoms with Gasteiger partial charge >= 0.3 is 11.9 Å². The molecule has 162 valence electrons. The zero-order chi connectivity index (χ0) is 22.5. The number of methoxy groups -OCH3 is 2. The Morgan fingerprint density at radius 1 is 1.16 bits per heavy atom. The van der Waals surface area contributed by atoms with Gasteiger partial charge in [-0.05, 0) is 36.3 Å². The summed E-state index contributed by atoms with van der Waals surface area (Å²) in [6, 6.07) is 9.28. The maximum Gasteiger partial charge on any atom is 0.348 e. The molecule has 0 spiro atoms. The summed E-state index contributed by atoms with van der Waals surface area (Å²) in [7, 11) is 2.54. The fraction of sp³-hybridized carbons (Fsp3) is 0.200. The van der Waals surface area contributed by atoms with Gasteiger partial charge in [-0.25, -0.2) is 9.59 Å². The van der Waals surface area contributed by atoms with E-state index in [1.165, 1.54) is 14.2 Å². The minimum Gasteiger partial charge on any atom is -0.465 e. The lowest BCUT2D eigenvalue weighted by molar-refractivity contribution is 0.0601. The predicted molar refractivity (Wildman–Crippen MR) is 124 cm³/mol. The monoisotopic (exact) mass is 478 g/mol. The molecule has 2 heterocycles. The molecule has 0 bridgehead atoms. The van der Waals surface area contributed by atoms with Crippen molar-refractivity contribution in [2.45, 2.75) is 13.5 Å². The van der Waals surface area contributed by atoms with E-state index in [9.17, 15) is 9.59 Å². The number of rotatable bonds is 6. The standard InChI is InChI=1S/C20H19ClN4O4S2/c1-11-15(18(26)28-2)17(31-16(11)19(27)29-3)23-20(30)22-14-8-9-25(24-14)10-12-6-4-5-7-13(12)21/h4-9H,10H2,1-3H3,(H2,22,23,24,30). The lowest BCUT2D eigenvalue weighted by Crippen LogP contribution is -2.20. The average Bonchev–Trinajstić information content (AvgIpc) is 3.32. The molecule has 2 N–H and O–H groups in total. The molecule has 0 aliphatic rings. The van der Waals surface area contributed by atoms with E-state index in [1.807, 2.05) is 24.3 Å². The second kappa shape index (κ2) is 9.90. The van der Waals surface area contributed by atoms with Crippen molar-refractivity contribution in [3.05, 3.63) is 63.1 Å². The minimum absolute atomic E-state index is 0.200. The van der Waals surface area contributed by atoms with E-state index >= 15 is 0 Å². The molecule has 2 aromatic heterocycles. The molecule has 1 aromatic carbocycles. The number of halogens is 1. The Labute approximate surface area is 193 Å². The number of thiophene rings is 1. The number of carbonyl (C=O) groups excluding carboxylic acids is 2. The highest BCUT2D eigenvalue weighted by molar-refractivity contribution is 7.80. The molecule has 0 saturated heterocycles. The van der Waals surface area contributed by atoms with E-state index in [0.29, 0.717) is 27.9 Å². The van der Waals surface area contributed by atoms with Crippen LogP contribution in [0.15, 0.2) is 36.5 Å². The van der Waals surface area contributed by atoms with Crippen LogP contribution in [0.3, 0.4) is 0 Å². The molecule has 3 aromatic rings. The first-order valence-corrected chi connectivity index (χ1v) is 10.6. The van der Waals surface area contributed by atoms with Crippen molar-refractivity contribution in [1.29, 1.82) is 0 Å². The first-order chi connectivity index (χ1) is 14.8. The van der Waals surface area contributed by atoms with Crippen LogP contribution in [0, 0.1) is 6.92 Å². The quantitative estimate of drug-likeness (QED) is 0.399. The Hall–Kier alpha value is -2.95. The molecule has 8 nitrogen and oxygen atoms in total. The number of benzene rings is 1. The number of esters is 2. The number of thiocarbonyl (C=S) groups is 1. The van der Waals surface area contributed by atoms with Crippen LogP contribution in [0.2, 0.25) is 5.02 Å². The minimum atomic E-state index is -0.585. The number of hydrogen-bond acceptors (Lipinski definition) is 7. The Kier molecular flexibility index (Phi) is 7.26. The predicted octanol–water partition coefficient (Wildman–Crippen LogP) is 4.34. The SMILES string of the molecule is COC(=O)c1sc(NC(=S)Nc2ccn(Cc3ccccc3Cl)n2)c(C(=O)OC)c1C. The summed E-state index contributed by atoms with van der Waals surface area (Å²) < 4.78 is 11.3. The second-order valence-corrected chi connectivity index (χ2v) is 8.15. The van der Waals surface area contributed by atoms with Crippen molar-refractivity contribution in [3.63, 3.8) is 0 Å². The van der Waals surface area contributed by atoms with Crippen LogP contribution in [0.5, 0.6) is 0 Å². The summed E-state index contributed by atoms with van der Waals surface area (Å²) >= 11 is 12.6. The van der Waals surface area contributed by atoms with E-state index in [2.05, 4.69) is 15.7 Å². The van der Waals surface area contributed by atoms with Crippen LogP contribution < -0.4 is 10.6 Å². The summed E-state index contributed by atoms with van der Waals surface area (Å²) in [6.07, 6.45) is 1.79. The maximum absolute atomic E-state index is 12.2. The van der Waals surface area contributed by atoms with Gasteiger partial charge < -0.3 is 20.1 Å². The summed E-state index contributed by atoms with van der Waals surface area (Å²) in [4.78, 5) is 24.5. The van der Waals surface area contributed by atoms with Crippen molar-refractivity contribution in [1.82, 2.24) is 9.78 Å². The molecule has 0 atom stereocenters. The first kappa shape index (κ1) is 22.7. The fourth-order valence-electron chi connectivity index (χ4n) is 2.81. The number of ether oxygens (including phenoxy) is 2. The molecular weight excluding hydrogens is 460 g/mol. The van der Waals surface area contributed by atoms with Gasteiger partial charge in [0.2, 0.25) is 0 Å². The number of hydrogen-bond donors (Lipinski definition) is 2. The average molecular weight is 479 g/mol. The Morgan fingerprint density at radius 2 is 1.87 bits per heavy atom.